The molecule has 0 bridgehead atoms. The van der Waals surface area contributed by atoms with Crippen molar-refractivity contribution < 1.29 is 19.1 Å². The fourth-order valence-electron chi connectivity index (χ4n) is 2.32. The van der Waals surface area contributed by atoms with Crippen LogP contribution >= 0.6 is 12.2 Å². The first kappa shape index (κ1) is 17.6. The van der Waals surface area contributed by atoms with E-state index in [1.165, 1.54) is 6.08 Å². The average molecular weight is 368 g/mol. The topological polar surface area (TPSA) is 76.7 Å². The van der Waals surface area contributed by atoms with E-state index in [0.717, 1.165) is 5.75 Å². The molecule has 0 saturated carbocycles. The normalized spacial score (nSPS) is 13.7. The van der Waals surface area contributed by atoms with E-state index < -0.39 is 11.8 Å². The van der Waals surface area contributed by atoms with Gasteiger partial charge in [-0.05, 0) is 36.5 Å². The largest absolute Gasteiger partial charge is 0.490 e. The smallest absolute Gasteiger partial charge is 0.263 e. The lowest BCUT2D eigenvalue weighted by atomic mass is 10.1. The highest BCUT2D eigenvalue weighted by Gasteiger charge is 2.25. The second-order valence-electron chi connectivity index (χ2n) is 5.34. The van der Waals surface area contributed by atoms with E-state index >= 15 is 0 Å². The van der Waals surface area contributed by atoms with Crippen LogP contribution in [0.4, 0.5) is 0 Å². The standard InChI is InChI=1S/C19H16N2O4S/c22-17-15(18(23)21-19(26)20-17)12-13-6-4-5-9-16(13)25-11-10-24-14-7-2-1-3-8-14/h1-9,12H,10-11H2,(H2,20,21,22,23,26). The summed E-state index contributed by atoms with van der Waals surface area (Å²) in [6, 6.07) is 16.6. The first-order chi connectivity index (χ1) is 12.6. The van der Waals surface area contributed by atoms with Gasteiger partial charge in [-0.25, -0.2) is 0 Å². The molecule has 7 heteroatoms. The molecule has 0 atom stereocenters. The number of carbonyl (C=O) groups is 2. The van der Waals surface area contributed by atoms with Gasteiger partial charge in [0, 0.05) is 5.56 Å². The molecule has 2 aromatic carbocycles. The maximum Gasteiger partial charge on any atom is 0.263 e. The molecule has 3 rings (SSSR count). The molecular formula is C19H16N2O4S. The first-order valence-electron chi connectivity index (χ1n) is 7.91. The molecule has 2 aromatic rings. The highest BCUT2D eigenvalue weighted by molar-refractivity contribution is 7.80. The van der Waals surface area contributed by atoms with Crippen molar-refractivity contribution in [3.05, 3.63) is 65.7 Å². The molecule has 0 unspecified atom stereocenters. The summed E-state index contributed by atoms with van der Waals surface area (Å²) in [4.78, 5) is 23.9. The fraction of sp³-hybridized carbons (Fsp3) is 0.105. The van der Waals surface area contributed by atoms with Gasteiger partial charge in [-0.2, -0.15) is 0 Å². The van der Waals surface area contributed by atoms with Gasteiger partial charge >= 0.3 is 0 Å². The number of hydrogen-bond donors (Lipinski definition) is 2. The summed E-state index contributed by atoms with van der Waals surface area (Å²) in [5.41, 5.74) is 0.579. The summed E-state index contributed by atoms with van der Waals surface area (Å²) in [6.45, 7) is 0.682. The van der Waals surface area contributed by atoms with Crippen LogP contribution in [0.3, 0.4) is 0 Å². The van der Waals surface area contributed by atoms with Gasteiger partial charge in [0.25, 0.3) is 11.8 Å². The number of hydrogen-bond acceptors (Lipinski definition) is 5. The SMILES string of the molecule is O=C1NC(=S)NC(=O)C1=Cc1ccccc1OCCOc1ccccc1. The van der Waals surface area contributed by atoms with Gasteiger partial charge in [-0.3, -0.25) is 20.2 Å². The van der Waals surface area contributed by atoms with Crippen LogP contribution in [0.25, 0.3) is 6.08 Å². The fourth-order valence-corrected chi connectivity index (χ4v) is 2.51. The van der Waals surface area contributed by atoms with Crippen LogP contribution in [0.1, 0.15) is 5.56 Å². The number of carbonyl (C=O) groups excluding carboxylic acids is 2. The Balaban J connectivity index is 1.66. The van der Waals surface area contributed by atoms with Gasteiger partial charge < -0.3 is 9.47 Å². The van der Waals surface area contributed by atoms with Crippen LogP contribution in [0.15, 0.2) is 60.2 Å². The molecule has 0 aliphatic carbocycles. The van der Waals surface area contributed by atoms with Crippen LogP contribution in [0.5, 0.6) is 11.5 Å². The number of ether oxygens (including phenoxy) is 2. The lowest BCUT2D eigenvalue weighted by Gasteiger charge is -2.17. The van der Waals surface area contributed by atoms with Gasteiger partial charge in [0.05, 0.1) is 0 Å². The van der Waals surface area contributed by atoms with Crippen LogP contribution < -0.4 is 20.1 Å². The zero-order valence-corrected chi connectivity index (χ0v) is 14.5. The maximum absolute atomic E-state index is 12.0. The second kappa shape index (κ2) is 8.26. The van der Waals surface area contributed by atoms with Crippen molar-refractivity contribution in [2.24, 2.45) is 0 Å². The van der Waals surface area contributed by atoms with Crippen LogP contribution in [-0.2, 0) is 9.59 Å². The predicted molar refractivity (Wildman–Crippen MR) is 101 cm³/mol. The first-order valence-corrected chi connectivity index (χ1v) is 8.32. The lowest BCUT2D eigenvalue weighted by Crippen LogP contribution is -2.51. The van der Waals surface area contributed by atoms with Crippen molar-refractivity contribution in [2.75, 3.05) is 13.2 Å². The van der Waals surface area contributed by atoms with Gasteiger partial charge in [-0.15, -0.1) is 0 Å². The van der Waals surface area contributed by atoms with Crippen molar-refractivity contribution in [2.45, 2.75) is 0 Å². The minimum absolute atomic E-state index is 0.000235. The molecule has 0 spiro atoms. The molecule has 1 heterocycles. The Kier molecular flexibility index (Phi) is 5.60. The summed E-state index contributed by atoms with van der Waals surface area (Å²) in [6.07, 6.45) is 1.47. The Bertz CT molecular complexity index is 843. The molecule has 0 radical (unpaired) electrons. The molecule has 2 N–H and O–H groups in total. The van der Waals surface area contributed by atoms with Gasteiger partial charge in [0.2, 0.25) is 0 Å². The number of rotatable bonds is 6. The molecule has 0 aromatic heterocycles. The third kappa shape index (κ3) is 4.46. The third-order valence-electron chi connectivity index (χ3n) is 3.52. The zero-order valence-electron chi connectivity index (χ0n) is 13.7. The Morgan fingerprint density at radius 1 is 0.846 bits per heavy atom. The van der Waals surface area contributed by atoms with Gasteiger partial charge in [-0.1, -0.05) is 36.4 Å². The highest BCUT2D eigenvalue weighted by Crippen LogP contribution is 2.22. The van der Waals surface area contributed by atoms with E-state index in [0.29, 0.717) is 24.5 Å². The molecule has 26 heavy (non-hydrogen) atoms. The summed E-state index contributed by atoms with van der Waals surface area (Å²) < 4.78 is 11.3. The summed E-state index contributed by atoms with van der Waals surface area (Å²) in [5, 5.41) is 4.80. The molecule has 1 fully saturated rings. The summed E-state index contributed by atoms with van der Waals surface area (Å²) in [7, 11) is 0. The maximum atomic E-state index is 12.0. The monoisotopic (exact) mass is 368 g/mol. The summed E-state index contributed by atoms with van der Waals surface area (Å²) >= 11 is 4.78. The third-order valence-corrected chi connectivity index (χ3v) is 3.72. The van der Waals surface area contributed by atoms with E-state index in [9.17, 15) is 9.59 Å². The average Bonchev–Trinajstić information content (AvgIpc) is 2.63. The zero-order chi connectivity index (χ0) is 18.4. The Labute approximate surface area is 155 Å². The van der Waals surface area contributed by atoms with Gasteiger partial charge in [0.1, 0.15) is 30.3 Å². The quantitative estimate of drug-likeness (QED) is 0.353. The highest BCUT2D eigenvalue weighted by atomic mass is 32.1. The van der Waals surface area contributed by atoms with Crippen molar-refractivity contribution in [3.8, 4) is 11.5 Å². The second-order valence-corrected chi connectivity index (χ2v) is 5.75. The lowest BCUT2D eigenvalue weighted by molar-refractivity contribution is -0.123. The molecular weight excluding hydrogens is 352 g/mol. The van der Waals surface area contributed by atoms with E-state index in [4.69, 9.17) is 21.7 Å². The molecule has 1 aliphatic heterocycles. The molecule has 6 nitrogen and oxygen atoms in total. The summed E-state index contributed by atoms with van der Waals surface area (Å²) in [5.74, 6) is 0.227. The minimum atomic E-state index is -0.541. The van der Waals surface area contributed by atoms with Gasteiger partial charge in [0.15, 0.2) is 5.11 Å². The Morgan fingerprint density at radius 2 is 1.46 bits per heavy atom. The number of benzene rings is 2. The van der Waals surface area contributed by atoms with Crippen molar-refractivity contribution in [3.63, 3.8) is 0 Å². The van der Waals surface area contributed by atoms with Crippen molar-refractivity contribution in [1.82, 2.24) is 10.6 Å². The molecule has 132 valence electrons. The number of amides is 2. The Morgan fingerprint density at radius 3 is 2.19 bits per heavy atom. The van der Waals surface area contributed by atoms with E-state index in [-0.39, 0.29) is 10.7 Å². The van der Waals surface area contributed by atoms with E-state index in [2.05, 4.69) is 10.6 Å². The molecule has 2 amide bonds. The predicted octanol–water partition coefficient (Wildman–Crippen LogP) is 2.06. The molecule has 1 saturated heterocycles. The van der Waals surface area contributed by atoms with Crippen LogP contribution in [0, 0.1) is 0 Å². The van der Waals surface area contributed by atoms with Crippen LogP contribution in [0.2, 0.25) is 0 Å². The Hall–Kier alpha value is -3.19. The minimum Gasteiger partial charge on any atom is -0.490 e. The number of para-hydroxylation sites is 2. The number of thiocarbonyl (C=S) groups is 1. The van der Waals surface area contributed by atoms with E-state index in [1.807, 2.05) is 36.4 Å². The van der Waals surface area contributed by atoms with Crippen molar-refractivity contribution in [1.29, 1.82) is 0 Å². The van der Waals surface area contributed by atoms with Crippen molar-refractivity contribution >= 4 is 35.2 Å². The number of nitrogens with one attached hydrogen (secondary N) is 2. The van der Waals surface area contributed by atoms with E-state index in [1.54, 1.807) is 18.2 Å². The van der Waals surface area contributed by atoms with Crippen LogP contribution in [-0.4, -0.2) is 30.1 Å². The molecule has 1 aliphatic rings.